The highest BCUT2D eigenvalue weighted by molar-refractivity contribution is 4.99. The Bertz CT molecular complexity index is 562. The van der Waals surface area contributed by atoms with Crippen LogP contribution in [0.25, 0.3) is 0 Å². The van der Waals surface area contributed by atoms with Gasteiger partial charge in [0.25, 0.3) is 0 Å². The van der Waals surface area contributed by atoms with Gasteiger partial charge in [0.2, 0.25) is 0 Å². The van der Waals surface area contributed by atoms with Crippen molar-refractivity contribution in [3.05, 3.63) is 0 Å². The normalized spacial score (nSPS) is 33.6. The van der Waals surface area contributed by atoms with Gasteiger partial charge in [0.15, 0.2) is 0 Å². The van der Waals surface area contributed by atoms with Crippen LogP contribution in [0, 0.1) is 10.8 Å². The first-order valence-corrected chi connectivity index (χ1v) is 13.8. The molecule has 0 aromatic heterocycles. The average Bonchev–Trinajstić information content (AvgIpc) is 3.24. The molecule has 4 heterocycles. The van der Waals surface area contributed by atoms with Crippen LogP contribution in [0.4, 0.5) is 0 Å². The van der Waals surface area contributed by atoms with Crippen LogP contribution < -0.4 is 0 Å². The summed E-state index contributed by atoms with van der Waals surface area (Å²) >= 11 is 0. The fourth-order valence-corrected chi connectivity index (χ4v) is 7.82. The number of rotatable bonds is 7. The standard InChI is InChI=1S/C27H52N4/c1-6-28-15-10-26(11-16-28)20-25(5)31(22-26)14-8-9-23(3)30-17-12-27(13-18-30)19-24(4)29(7-2)21-27/h23-25H,6-22H2,1-5H3/t23?,24-,25+/m1/s1. The molecule has 0 aromatic carbocycles. The lowest BCUT2D eigenvalue weighted by atomic mass is 9.76. The zero-order chi connectivity index (χ0) is 22.1. The smallest absolute Gasteiger partial charge is 0.00729 e. The largest absolute Gasteiger partial charge is 0.304 e. The molecule has 0 N–H and O–H groups in total. The van der Waals surface area contributed by atoms with Gasteiger partial charge < -0.3 is 19.6 Å². The molecule has 4 nitrogen and oxygen atoms in total. The van der Waals surface area contributed by atoms with Crippen LogP contribution in [-0.2, 0) is 0 Å². The second-order valence-electron chi connectivity index (χ2n) is 12.1. The second-order valence-corrected chi connectivity index (χ2v) is 12.1. The van der Waals surface area contributed by atoms with Gasteiger partial charge in [-0.3, -0.25) is 0 Å². The van der Waals surface area contributed by atoms with Gasteiger partial charge in [0, 0.05) is 31.2 Å². The first-order chi connectivity index (χ1) is 14.9. The summed E-state index contributed by atoms with van der Waals surface area (Å²) in [6, 6.07) is 2.36. The molecule has 4 aliphatic heterocycles. The predicted molar refractivity (Wildman–Crippen MR) is 133 cm³/mol. The summed E-state index contributed by atoms with van der Waals surface area (Å²) in [7, 11) is 0. The van der Waals surface area contributed by atoms with Crippen molar-refractivity contribution in [3.8, 4) is 0 Å². The van der Waals surface area contributed by atoms with E-state index in [0.717, 1.165) is 18.1 Å². The van der Waals surface area contributed by atoms with E-state index in [9.17, 15) is 0 Å². The minimum absolute atomic E-state index is 0.637. The third-order valence-electron chi connectivity index (χ3n) is 10.1. The lowest BCUT2D eigenvalue weighted by Gasteiger charge is -2.42. The van der Waals surface area contributed by atoms with Gasteiger partial charge in [0.1, 0.15) is 0 Å². The van der Waals surface area contributed by atoms with Crippen molar-refractivity contribution in [1.82, 2.24) is 19.6 Å². The summed E-state index contributed by atoms with van der Waals surface area (Å²) in [6.45, 7) is 24.0. The van der Waals surface area contributed by atoms with Gasteiger partial charge in [-0.15, -0.1) is 0 Å². The molecule has 0 aromatic rings. The van der Waals surface area contributed by atoms with Crippen molar-refractivity contribution < 1.29 is 0 Å². The van der Waals surface area contributed by atoms with E-state index in [4.69, 9.17) is 0 Å². The van der Waals surface area contributed by atoms with Gasteiger partial charge in [-0.05, 0) is 129 Å². The number of piperidine rings is 2. The lowest BCUT2D eigenvalue weighted by Crippen LogP contribution is -2.45. The second kappa shape index (κ2) is 9.99. The van der Waals surface area contributed by atoms with Gasteiger partial charge in [0.05, 0.1) is 0 Å². The van der Waals surface area contributed by atoms with E-state index in [-0.39, 0.29) is 0 Å². The molecule has 4 fully saturated rings. The van der Waals surface area contributed by atoms with Gasteiger partial charge in [-0.25, -0.2) is 0 Å². The molecule has 180 valence electrons. The van der Waals surface area contributed by atoms with E-state index in [1.165, 1.54) is 110 Å². The van der Waals surface area contributed by atoms with Crippen molar-refractivity contribution in [2.45, 2.75) is 104 Å². The van der Waals surface area contributed by atoms with E-state index in [1.54, 1.807) is 0 Å². The van der Waals surface area contributed by atoms with Crippen LogP contribution in [0.3, 0.4) is 0 Å². The van der Waals surface area contributed by atoms with E-state index >= 15 is 0 Å². The maximum Gasteiger partial charge on any atom is 0.00729 e. The van der Waals surface area contributed by atoms with Gasteiger partial charge in [-0.2, -0.15) is 0 Å². The minimum atomic E-state index is 0.637. The molecule has 4 saturated heterocycles. The molecule has 1 unspecified atom stereocenters. The molecule has 3 atom stereocenters. The molecular formula is C27H52N4. The number of likely N-dealkylation sites (tertiary alicyclic amines) is 4. The van der Waals surface area contributed by atoms with E-state index in [1.807, 2.05) is 0 Å². The summed E-state index contributed by atoms with van der Waals surface area (Å²) in [5.41, 5.74) is 1.28. The highest BCUT2D eigenvalue weighted by Crippen LogP contribution is 2.44. The maximum absolute atomic E-state index is 2.85. The zero-order valence-corrected chi connectivity index (χ0v) is 21.5. The Balaban J connectivity index is 1.17. The lowest BCUT2D eigenvalue weighted by molar-refractivity contribution is 0.0764. The van der Waals surface area contributed by atoms with Crippen LogP contribution in [0.5, 0.6) is 0 Å². The van der Waals surface area contributed by atoms with Crippen LogP contribution >= 0.6 is 0 Å². The molecular weight excluding hydrogens is 380 g/mol. The molecule has 0 bridgehead atoms. The van der Waals surface area contributed by atoms with Crippen molar-refractivity contribution in [2.75, 3.05) is 58.9 Å². The fourth-order valence-electron chi connectivity index (χ4n) is 7.82. The zero-order valence-electron chi connectivity index (χ0n) is 21.5. The Morgan fingerprint density at radius 1 is 0.774 bits per heavy atom. The highest BCUT2D eigenvalue weighted by Gasteiger charge is 2.45. The third kappa shape index (κ3) is 5.34. The number of hydrogen-bond donors (Lipinski definition) is 0. The maximum atomic E-state index is 2.85. The quantitative estimate of drug-likeness (QED) is 0.585. The SMILES string of the molecule is CCN1CCC2(CC1)C[C@H](C)N(CCCC(C)N1CCC3(CC1)C[C@@H](C)N(CC)C3)C2. The Labute approximate surface area is 193 Å². The Hall–Kier alpha value is -0.160. The molecule has 31 heavy (non-hydrogen) atoms. The van der Waals surface area contributed by atoms with Crippen LogP contribution in [0.15, 0.2) is 0 Å². The van der Waals surface area contributed by atoms with Crippen molar-refractivity contribution in [1.29, 1.82) is 0 Å². The average molecular weight is 433 g/mol. The van der Waals surface area contributed by atoms with Crippen LogP contribution in [0.2, 0.25) is 0 Å². The third-order valence-corrected chi connectivity index (χ3v) is 10.1. The summed E-state index contributed by atoms with van der Waals surface area (Å²) < 4.78 is 0. The first kappa shape index (κ1) is 24.0. The molecule has 4 aliphatic rings. The van der Waals surface area contributed by atoms with Crippen molar-refractivity contribution in [2.24, 2.45) is 10.8 Å². The monoisotopic (exact) mass is 432 g/mol. The summed E-state index contributed by atoms with van der Waals surface area (Å²) in [4.78, 5) is 11.0. The van der Waals surface area contributed by atoms with E-state index < -0.39 is 0 Å². The fraction of sp³-hybridized carbons (Fsp3) is 1.00. The molecule has 2 spiro atoms. The Morgan fingerprint density at radius 3 is 1.87 bits per heavy atom. The topological polar surface area (TPSA) is 13.0 Å². The van der Waals surface area contributed by atoms with Crippen molar-refractivity contribution >= 4 is 0 Å². The number of nitrogens with zero attached hydrogens (tertiary/aromatic N) is 4. The summed E-state index contributed by atoms with van der Waals surface area (Å²) in [6.07, 6.45) is 11.4. The predicted octanol–water partition coefficient (Wildman–Crippen LogP) is 4.55. The van der Waals surface area contributed by atoms with Crippen molar-refractivity contribution in [3.63, 3.8) is 0 Å². The molecule has 0 radical (unpaired) electrons. The summed E-state index contributed by atoms with van der Waals surface area (Å²) in [5, 5.41) is 0. The molecule has 0 saturated carbocycles. The molecule has 0 aliphatic carbocycles. The minimum Gasteiger partial charge on any atom is -0.304 e. The summed E-state index contributed by atoms with van der Waals surface area (Å²) in [5.74, 6) is 0. The van der Waals surface area contributed by atoms with E-state index in [2.05, 4.69) is 54.2 Å². The Morgan fingerprint density at radius 2 is 1.32 bits per heavy atom. The van der Waals surface area contributed by atoms with E-state index in [0.29, 0.717) is 10.8 Å². The van der Waals surface area contributed by atoms with Crippen LogP contribution in [-0.4, -0.2) is 96.6 Å². The highest BCUT2D eigenvalue weighted by atomic mass is 15.2. The van der Waals surface area contributed by atoms with Gasteiger partial charge >= 0.3 is 0 Å². The molecule has 4 heteroatoms. The van der Waals surface area contributed by atoms with Gasteiger partial charge in [-0.1, -0.05) is 13.8 Å². The number of hydrogen-bond acceptors (Lipinski definition) is 4. The molecule has 0 amide bonds. The molecule has 4 rings (SSSR count). The van der Waals surface area contributed by atoms with Crippen LogP contribution in [0.1, 0.15) is 86.0 Å². The first-order valence-electron chi connectivity index (χ1n) is 13.8. The Kier molecular flexibility index (Phi) is 7.73.